The first-order valence-electron chi connectivity index (χ1n) is 8.65. The number of hydrogen-bond donors (Lipinski definition) is 1. The Morgan fingerprint density at radius 3 is 2.40 bits per heavy atom. The lowest BCUT2D eigenvalue weighted by molar-refractivity contribution is 0.0734. The van der Waals surface area contributed by atoms with E-state index in [-0.39, 0.29) is 10.6 Å². The van der Waals surface area contributed by atoms with Gasteiger partial charge in [-0.15, -0.1) is 0 Å². The molecule has 0 aliphatic carbocycles. The molecule has 0 aromatic heterocycles. The lowest BCUT2D eigenvalue weighted by Crippen LogP contribution is -2.18. The summed E-state index contributed by atoms with van der Waals surface area (Å²) in [5, 5.41) is 3.80. The molecular formula is C21H17BrN2O5S. The summed E-state index contributed by atoms with van der Waals surface area (Å²) in [6.45, 7) is 0. The van der Waals surface area contributed by atoms with Gasteiger partial charge in [-0.25, -0.2) is 9.63 Å². The van der Waals surface area contributed by atoms with Crippen molar-refractivity contribution in [2.75, 3.05) is 7.11 Å². The molecule has 0 aliphatic heterocycles. The van der Waals surface area contributed by atoms with Gasteiger partial charge in [-0.05, 0) is 54.6 Å². The Bertz CT molecular complexity index is 1160. The van der Waals surface area contributed by atoms with Gasteiger partial charge in [0.15, 0.2) is 0 Å². The molecule has 0 amide bonds. The normalized spacial score (nSPS) is 11.3. The monoisotopic (exact) mass is 488 g/mol. The van der Waals surface area contributed by atoms with Gasteiger partial charge in [0, 0.05) is 10.0 Å². The van der Waals surface area contributed by atoms with Crippen molar-refractivity contribution in [2.24, 2.45) is 5.10 Å². The number of esters is 1. The van der Waals surface area contributed by atoms with Gasteiger partial charge in [-0.1, -0.05) is 34.1 Å². The van der Waals surface area contributed by atoms with E-state index in [9.17, 15) is 13.2 Å². The van der Waals surface area contributed by atoms with Gasteiger partial charge in [-0.2, -0.15) is 13.5 Å². The maximum Gasteiger partial charge on any atom is 0.343 e. The van der Waals surface area contributed by atoms with Crippen LogP contribution in [0.5, 0.6) is 11.5 Å². The third-order valence-electron chi connectivity index (χ3n) is 3.93. The van der Waals surface area contributed by atoms with Crippen LogP contribution in [0.2, 0.25) is 0 Å². The number of sulfonamides is 1. The van der Waals surface area contributed by atoms with E-state index in [1.54, 1.807) is 60.7 Å². The third kappa shape index (κ3) is 5.46. The third-order valence-corrected chi connectivity index (χ3v) is 5.66. The van der Waals surface area contributed by atoms with Crippen molar-refractivity contribution < 1.29 is 22.7 Å². The second-order valence-electron chi connectivity index (χ2n) is 5.97. The first-order valence-corrected chi connectivity index (χ1v) is 10.9. The van der Waals surface area contributed by atoms with E-state index in [4.69, 9.17) is 9.47 Å². The van der Waals surface area contributed by atoms with Crippen molar-refractivity contribution in [3.05, 3.63) is 88.4 Å². The first-order chi connectivity index (χ1) is 14.4. The van der Waals surface area contributed by atoms with Crippen molar-refractivity contribution in [3.8, 4) is 11.5 Å². The van der Waals surface area contributed by atoms with Crippen LogP contribution in [-0.2, 0) is 10.0 Å². The van der Waals surface area contributed by atoms with Gasteiger partial charge >= 0.3 is 5.97 Å². The standard InChI is InChI=1S/C21H17BrN2O5S/c1-28-18-10-7-15(8-11-18)21(25)29-20-12-9-17(22)13-16(20)14-23-24-30(26,27)19-5-3-2-4-6-19/h2-14,24H,1H3/b23-14+. The Morgan fingerprint density at radius 1 is 1.03 bits per heavy atom. The van der Waals surface area contributed by atoms with Crippen LogP contribution < -0.4 is 14.3 Å². The Labute approximate surface area is 182 Å². The largest absolute Gasteiger partial charge is 0.497 e. The average Bonchev–Trinajstić information content (AvgIpc) is 2.76. The van der Waals surface area contributed by atoms with Gasteiger partial charge < -0.3 is 9.47 Å². The molecule has 0 bridgehead atoms. The zero-order valence-corrected chi connectivity index (χ0v) is 18.2. The molecule has 0 aliphatic rings. The smallest absolute Gasteiger partial charge is 0.343 e. The van der Waals surface area contributed by atoms with E-state index in [1.807, 2.05) is 0 Å². The van der Waals surface area contributed by atoms with Gasteiger partial charge in [0.25, 0.3) is 10.0 Å². The molecule has 7 nitrogen and oxygen atoms in total. The molecule has 0 radical (unpaired) electrons. The summed E-state index contributed by atoms with van der Waals surface area (Å²) in [4.78, 5) is 14.7. The SMILES string of the molecule is COc1ccc(C(=O)Oc2ccc(Br)cc2/C=N/NS(=O)(=O)c2ccccc2)cc1. The number of halogens is 1. The highest BCUT2D eigenvalue weighted by molar-refractivity contribution is 9.10. The summed E-state index contributed by atoms with van der Waals surface area (Å²) in [5.41, 5.74) is 0.744. The fourth-order valence-electron chi connectivity index (χ4n) is 2.42. The highest BCUT2D eigenvalue weighted by Gasteiger charge is 2.13. The highest BCUT2D eigenvalue weighted by Crippen LogP contribution is 2.23. The lowest BCUT2D eigenvalue weighted by atomic mass is 10.2. The zero-order chi connectivity index (χ0) is 21.6. The molecule has 0 heterocycles. The molecule has 3 aromatic rings. The molecule has 30 heavy (non-hydrogen) atoms. The Morgan fingerprint density at radius 2 is 1.73 bits per heavy atom. The van der Waals surface area contributed by atoms with Crippen molar-refractivity contribution in [1.29, 1.82) is 0 Å². The van der Waals surface area contributed by atoms with Crippen LogP contribution in [0.1, 0.15) is 15.9 Å². The number of hydrazone groups is 1. The number of rotatable bonds is 7. The maximum atomic E-state index is 12.4. The first kappa shape index (κ1) is 21.5. The van der Waals surface area contributed by atoms with E-state index in [0.717, 1.165) is 0 Å². The molecular weight excluding hydrogens is 472 g/mol. The molecule has 0 saturated carbocycles. The van der Waals surface area contributed by atoms with E-state index in [2.05, 4.69) is 25.9 Å². The summed E-state index contributed by atoms with van der Waals surface area (Å²) in [5.74, 6) is 0.273. The highest BCUT2D eigenvalue weighted by atomic mass is 79.9. The van der Waals surface area contributed by atoms with E-state index >= 15 is 0 Å². The molecule has 3 rings (SSSR count). The van der Waals surface area contributed by atoms with E-state index < -0.39 is 16.0 Å². The summed E-state index contributed by atoms with van der Waals surface area (Å²) < 4.78 is 35.8. The number of hydrogen-bond acceptors (Lipinski definition) is 6. The van der Waals surface area contributed by atoms with Crippen LogP contribution in [0, 0.1) is 0 Å². The number of benzene rings is 3. The average molecular weight is 489 g/mol. The Kier molecular flexibility index (Phi) is 6.86. The van der Waals surface area contributed by atoms with Crippen LogP contribution in [0.25, 0.3) is 0 Å². The Balaban J connectivity index is 1.78. The predicted octanol–water partition coefficient (Wildman–Crippen LogP) is 3.99. The van der Waals surface area contributed by atoms with Gasteiger partial charge in [0.1, 0.15) is 11.5 Å². The number of methoxy groups -OCH3 is 1. The lowest BCUT2D eigenvalue weighted by Gasteiger charge is -2.09. The van der Waals surface area contributed by atoms with Gasteiger partial charge in [0.2, 0.25) is 0 Å². The van der Waals surface area contributed by atoms with Crippen molar-refractivity contribution in [3.63, 3.8) is 0 Å². The number of ether oxygens (including phenoxy) is 2. The molecule has 0 spiro atoms. The van der Waals surface area contributed by atoms with E-state index in [1.165, 1.54) is 25.5 Å². The predicted molar refractivity (Wildman–Crippen MR) is 116 cm³/mol. The van der Waals surface area contributed by atoms with Crippen LogP contribution in [-0.4, -0.2) is 27.7 Å². The zero-order valence-electron chi connectivity index (χ0n) is 15.8. The maximum absolute atomic E-state index is 12.4. The number of nitrogens with one attached hydrogen (secondary N) is 1. The molecule has 0 unspecified atom stereocenters. The second kappa shape index (κ2) is 9.55. The number of carbonyl (C=O) groups is 1. The minimum Gasteiger partial charge on any atom is -0.497 e. The van der Waals surface area contributed by atoms with Crippen molar-refractivity contribution in [1.82, 2.24) is 4.83 Å². The molecule has 0 atom stereocenters. The number of carbonyl (C=O) groups excluding carboxylic acids is 1. The van der Waals surface area contributed by atoms with Crippen LogP contribution in [0.3, 0.4) is 0 Å². The summed E-state index contributed by atoms with van der Waals surface area (Å²) >= 11 is 3.34. The van der Waals surface area contributed by atoms with Crippen LogP contribution in [0.4, 0.5) is 0 Å². The van der Waals surface area contributed by atoms with Crippen molar-refractivity contribution >= 4 is 38.1 Å². The van der Waals surface area contributed by atoms with E-state index in [0.29, 0.717) is 21.3 Å². The van der Waals surface area contributed by atoms with Crippen molar-refractivity contribution in [2.45, 2.75) is 4.90 Å². The molecule has 9 heteroatoms. The summed E-state index contributed by atoms with van der Waals surface area (Å²) in [6, 6.07) is 19.3. The fourth-order valence-corrected chi connectivity index (χ4v) is 3.61. The van der Waals surface area contributed by atoms with Gasteiger partial charge in [0.05, 0.1) is 23.8 Å². The summed E-state index contributed by atoms with van der Waals surface area (Å²) in [7, 11) is -2.27. The molecule has 0 fully saturated rings. The van der Waals surface area contributed by atoms with Crippen LogP contribution in [0.15, 0.2) is 87.3 Å². The molecule has 3 aromatic carbocycles. The minimum absolute atomic E-state index is 0.0857. The Hall–Kier alpha value is -3.17. The molecule has 0 saturated heterocycles. The topological polar surface area (TPSA) is 94.1 Å². The fraction of sp³-hybridized carbons (Fsp3) is 0.0476. The number of nitrogens with zero attached hydrogens (tertiary/aromatic N) is 1. The van der Waals surface area contributed by atoms with Gasteiger partial charge in [-0.3, -0.25) is 0 Å². The summed E-state index contributed by atoms with van der Waals surface area (Å²) in [6.07, 6.45) is 1.27. The molecule has 154 valence electrons. The second-order valence-corrected chi connectivity index (χ2v) is 8.54. The quantitative estimate of drug-likeness (QED) is 0.235. The van der Waals surface area contributed by atoms with Crippen LogP contribution >= 0.6 is 15.9 Å². The molecule has 1 N–H and O–H groups in total. The minimum atomic E-state index is -3.81.